The number of halogens is 1. The number of carbonyl (C=O) groups excluding carboxylic acids is 1. The minimum absolute atomic E-state index is 0.0471. The second-order valence-corrected chi connectivity index (χ2v) is 4.52. The standard InChI is InChI=1S/C9H8ClN5O2S/c1-17-8(16)5-15-9(12-13-14-15)18-7-2-3-11-4-6(7)10/h2-4H,5H2,1H3. The van der Waals surface area contributed by atoms with Crippen LogP contribution in [-0.4, -0.2) is 38.3 Å². The molecule has 94 valence electrons. The molecule has 0 saturated carbocycles. The number of tetrazole rings is 1. The van der Waals surface area contributed by atoms with Crippen molar-refractivity contribution in [2.45, 2.75) is 16.6 Å². The zero-order valence-electron chi connectivity index (χ0n) is 9.28. The Kier molecular flexibility index (Phi) is 4.11. The second kappa shape index (κ2) is 5.78. The number of carbonyl (C=O) groups is 1. The van der Waals surface area contributed by atoms with Crippen LogP contribution in [0.15, 0.2) is 28.5 Å². The normalized spacial score (nSPS) is 10.3. The van der Waals surface area contributed by atoms with Gasteiger partial charge in [0.25, 0.3) is 0 Å². The highest BCUT2D eigenvalue weighted by Gasteiger charge is 2.13. The lowest BCUT2D eigenvalue weighted by molar-refractivity contribution is -0.141. The van der Waals surface area contributed by atoms with E-state index in [1.54, 1.807) is 12.3 Å². The molecule has 9 heteroatoms. The molecule has 7 nitrogen and oxygen atoms in total. The van der Waals surface area contributed by atoms with E-state index in [-0.39, 0.29) is 6.54 Å². The first-order chi connectivity index (χ1) is 8.70. The first-order valence-electron chi connectivity index (χ1n) is 4.81. The lowest BCUT2D eigenvalue weighted by atomic mass is 10.5. The molecule has 0 aliphatic carbocycles. The maximum atomic E-state index is 11.2. The third-order valence-corrected chi connectivity index (χ3v) is 3.41. The summed E-state index contributed by atoms with van der Waals surface area (Å²) in [5.41, 5.74) is 0. The summed E-state index contributed by atoms with van der Waals surface area (Å²) in [7, 11) is 1.30. The van der Waals surface area contributed by atoms with Gasteiger partial charge in [-0.2, -0.15) is 0 Å². The molecule has 0 saturated heterocycles. The fourth-order valence-electron chi connectivity index (χ4n) is 1.10. The van der Waals surface area contributed by atoms with Crippen molar-refractivity contribution in [3.05, 3.63) is 23.5 Å². The molecule has 2 rings (SSSR count). The fraction of sp³-hybridized carbons (Fsp3) is 0.222. The van der Waals surface area contributed by atoms with Crippen molar-refractivity contribution in [3.63, 3.8) is 0 Å². The Morgan fingerprint density at radius 3 is 3.17 bits per heavy atom. The highest BCUT2D eigenvalue weighted by atomic mass is 35.5. The van der Waals surface area contributed by atoms with Crippen molar-refractivity contribution in [2.24, 2.45) is 0 Å². The number of methoxy groups -OCH3 is 1. The largest absolute Gasteiger partial charge is 0.468 e. The molecular formula is C9H8ClN5O2S. The molecule has 0 fully saturated rings. The number of pyridine rings is 1. The third-order valence-electron chi connectivity index (χ3n) is 1.94. The van der Waals surface area contributed by atoms with E-state index < -0.39 is 5.97 Å². The van der Waals surface area contributed by atoms with Gasteiger partial charge in [-0.05, 0) is 28.3 Å². The summed E-state index contributed by atoms with van der Waals surface area (Å²) in [5.74, 6) is -0.426. The van der Waals surface area contributed by atoms with Crippen molar-refractivity contribution < 1.29 is 9.53 Å². The van der Waals surface area contributed by atoms with E-state index >= 15 is 0 Å². The molecule has 0 atom stereocenters. The molecule has 0 bridgehead atoms. The second-order valence-electron chi connectivity index (χ2n) is 3.10. The van der Waals surface area contributed by atoms with Crippen molar-refractivity contribution in [3.8, 4) is 0 Å². The molecule has 2 aromatic rings. The fourth-order valence-corrected chi connectivity index (χ4v) is 2.09. The Balaban J connectivity index is 2.18. The molecule has 0 radical (unpaired) electrons. The molecular weight excluding hydrogens is 278 g/mol. The van der Waals surface area contributed by atoms with E-state index in [1.807, 2.05) is 0 Å². The van der Waals surface area contributed by atoms with Crippen LogP contribution < -0.4 is 0 Å². The van der Waals surface area contributed by atoms with Crippen molar-refractivity contribution in [1.29, 1.82) is 0 Å². The molecule has 0 N–H and O–H groups in total. The van der Waals surface area contributed by atoms with Crippen molar-refractivity contribution in [1.82, 2.24) is 25.2 Å². The average Bonchev–Trinajstić information content (AvgIpc) is 2.79. The third kappa shape index (κ3) is 2.96. The Hall–Kier alpha value is -1.67. The van der Waals surface area contributed by atoms with Crippen LogP contribution in [0.2, 0.25) is 5.02 Å². The minimum atomic E-state index is -0.426. The van der Waals surface area contributed by atoms with Gasteiger partial charge in [-0.25, -0.2) is 4.68 Å². The number of aromatic nitrogens is 5. The van der Waals surface area contributed by atoms with Crippen LogP contribution in [0.1, 0.15) is 0 Å². The van der Waals surface area contributed by atoms with Crippen LogP contribution in [0.5, 0.6) is 0 Å². The number of nitrogens with zero attached hydrogens (tertiary/aromatic N) is 5. The molecule has 0 unspecified atom stereocenters. The van der Waals surface area contributed by atoms with Gasteiger partial charge in [0.1, 0.15) is 6.54 Å². The van der Waals surface area contributed by atoms with E-state index in [4.69, 9.17) is 11.6 Å². The predicted octanol–water partition coefficient (Wildman–Crippen LogP) is 1.05. The van der Waals surface area contributed by atoms with Gasteiger partial charge in [0.15, 0.2) is 0 Å². The van der Waals surface area contributed by atoms with Crippen LogP contribution >= 0.6 is 23.4 Å². The van der Waals surface area contributed by atoms with Gasteiger partial charge in [-0.15, -0.1) is 5.10 Å². The quantitative estimate of drug-likeness (QED) is 0.776. The Labute approximate surface area is 111 Å². The van der Waals surface area contributed by atoms with Gasteiger partial charge >= 0.3 is 5.97 Å². The monoisotopic (exact) mass is 285 g/mol. The summed E-state index contributed by atoms with van der Waals surface area (Å²) < 4.78 is 5.89. The minimum Gasteiger partial charge on any atom is -0.468 e. The summed E-state index contributed by atoms with van der Waals surface area (Å²) in [4.78, 5) is 15.8. The predicted molar refractivity (Wildman–Crippen MR) is 63.2 cm³/mol. The van der Waals surface area contributed by atoms with E-state index in [0.29, 0.717) is 10.2 Å². The average molecular weight is 286 g/mol. The number of ether oxygens (including phenoxy) is 1. The van der Waals surface area contributed by atoms with E-state index in [1.165, 1.54) is 29.8 Å². The highest BCUT2D eigenvalue weighted by molar-refractivity contribution is 7.99. The zero-order valence-corrected chi connectivity index (χ0v) is 10.9. The van der Waals surface area contributed by atoms with Crippen LogP contribution in [0, 0.1) is 0 Å². The molecule has 2 aromatic heterocycles. The van der Waals surface area contributed by atoms with Crippen LogP contribution in [0.25, 0.3) is 0 Å². The molecule has 0 aliphatic rings. The molecule has 2 heterocycles. The van der Waals surface area contributed by atoms with Gasteiger partial charge in [0, 0.05) is 17.3 Å². The zero-order chi connectivity index (χ0) is 13.0. The molecule has 18 heavy (non-hydrogen) atoms. The smallest absolute Gasteiger partial charge is 0.327 e. The first-order valence-corrected chi connectivity index (χ1v) is 6.00. The van der Waals surface area contributed by atoms with Gasteiger partial charge in [0.2, 0.25) is 5.16 Å². The number of hydrogen-bond donors (Lipinski definition) is 0. The maximum Gasteiger partial charge on any atom is 0.327 e. The molecule has 0 spiro atoms. The highest BCUT2D eigenvalue weighted by Crippen LogP contribution is 2.30. The molecule has 0 aliphatic heterocycles. The number of rotatable bonds is 4. The summed E-state index contributed by atoms with van der Waals surface area (Å²) in [5, 5.41) is 12.0. The number of hydrogen-bond acceptors (Lipinski definition) is 7. The Morgan fingerprint density at radius 1 is 1.61 bits per heavy atom. The van der Waals surface area contributed by atoms with E-state index in [9.17, 15) is 4.79 Å². The van der Waals surface area contributed by atoms with Crippen LogP contribution in [0.4, 0.5) is 0 Å². The van der Waals surface area contributed by atoms with Gasteiger partial charge in [0.05, 0.1) is 12.1 Å². The summed E-state index contributed by atoms with van der Waals surface area (Å²) in [6.07, 6.45) is 3.14. The van der Waals surface area contributed by atoms with E-state index in [2.05, 4.69) is 25.2 Å². The summed E-state index contributed by atoms with van der Waals surface area (Å²) in [6.45, 7) is -0.0471. The van der Waals surface area contributed by atoms with Gasteiger partial charge in [-0.3, -0.25) is 9.78 Å². The van der Waals surface area contributed by atoms with Crippen molar-refractivity contribution >= 4 is 29.3 Å². The Bertz CT molecular complexity index is 561. The topological polar surface area (TPSA) is 82.8 Å². The summed E-state index contributed by atoms with van der Waals surface area (Å²) >= 11 is 7.22. The first kappa shape index (κ1) is 12.8. The number of esters is 1. The molecule has 0 amide bonds. The van der Waals surface area contributed by atoms with Crippen LogP contribution in [-0.2, 0) is 16.1 Å². The van der Waals surface area contributed by atoms with Gasteiger partial charge in [-0.1, -0.05) is 11.6 Å². The van der Waals surface area contributed by atoms with E-state index in [0.717, 1.165) is 4.90 Å². The Morgan fingerprint density at radius 2 is 2.44 bits per heavy atom. The van der Waals surface area contributed by atoms with Gasteiger partial charge < -0.3 is 4.74 Å². The molecule has 0 aromatic carbocycles. The lowest BCUT2D eigenvalue weighted by Gasteiger charge is -2.03. The SMILES string of the molecule is COC(=O)Cn1nnnc1Sc1ccncc1Cl. The van der Waals surface area contributed by atoms with Crippen LogP contribution in [0.3, 0.4) is 0 Å². The maximum absolute atomic E-state index is 11.2. The lowest BCUT2D eigenvalue weighted by Crippen LogP contribution is -2.13. The van der Waals surface area contributed by atoms with Crippen molar-refractivity contribution in [2.75, 3.05) is 7.11 Å². The summed E-state index contributed by atoms with van der Waals surface area (Å²) in [6, 6.07) is 1.74.